The molecule has 0 heterocycles. The molecule has 0 atom stereocenters. The number of halogens is 1. The molecule has 0 bridgehead atoms. The van der Waals surface area contributed by atoms with Gasteiger partial charge in [0.05, 0.1) is 6.61 Å². The first-order chi connectivity index (χ1) is 10.3. The lowest BCUT2D eigenvalue weighted by molar-refractivity contribution is 0.185. The van der Waals surface area contributed by atoms with Crippen LogP contribution >= 0.6 is 24.0 Å². The van der Waals surface area contributed by atoms with Crippen molar-refractivity contribution in [3.8, 4) is 0 Å². The lowest BCUT2D eigenvalue weighted by atomic mass is 9.96. The number of nitrogens with zero attached hydrogens (tertiary/aromatic N) is 1. The summed E-state index contributed by atoms with van der Waals surface area (Å²) in [5.74, 6) is 0.902. The van der Waals surface area contributed by atoms with Crippen molar-refractivity contribution >= 4 is 29.9 Å². The molecule has 4 nitrogen and oxygen atoms in total. The number of guanidine groups is 1. The molecule has 2 N–H and O–H groups in total. The molecular weight excluding hydrogens is 389 g/mol. The van der Waals surface area contributed by atoms with Gasteiger partial charge in [-0.2, -0.15) is 0 Å². The highest BCUT2D eigenvalue weighted by Gasteiger charge is 2.14. The average molecular weight is 417 g/mol. The van der Waals surface area contributed by atoms with E-state index in [2.05, 4.69) is 39.9 Å². The Morgan fingerprint density at radius 1 is 1.23 bits per heavy atom. The lowest BCUT2D eigenvalue weighted by Crippen LogP contribution is -2.43. The fourth-order valence-corrected chi connectivity index (χ4v) is 2.82. The molecule has 1 fully saturated rings. The number of benzene rings is 1. The zero-order chi connectivity index (χ0) is 14.9. The van der Waals surface area contributed by atoms with E-state index in [1.165, 1.54) is 43.2 Å². The average Bonchev–Trinajstić information content (AvgIpc) is 2.53. The number of nitrogens with one attached hydrogen (secondary N) is 2. The smallest absolute Gasteiger partial charge is 0.191 e. The number of hydrogen-bond donors (Lipinski definition) is 2. The second-order valence-corrected chi connectivity index (χ2v) is 5.66. The second-order valence-electron chi connectivity index (χ2n) is 5.66. The maximum atomic E-state index is 5.17. The van der Waals surface area contributed by atoms with E-state index in [1.54, 1.807) is 7.11 Å². The van der Waals surface area contributed by atoms with Crippen LogP contribution in [0.1, 0.15) is 43.2 Å². The molecule has 0 aliphatic heterocycles. The predicted molar refractivity (Wildman–Crippen MR) is 103 cm³/mol. The van der Waals surface area contributed by atoms with Gasteiger partial charge in [-0.3, -0.25) is 4.99 Å². The monoisotopic (exact) mass is 417 g/mol. The molecule has 1 aromatic carbocycles. The van der Waals surface area contributed by atoms with Crippen LogP contribution in [0.2, 0.25) is 0 Å². The fourth-order valence-electron chi connectivity index (χ4n) is 2.82. The molecule has 2 rings (SSSR count). The van der Waals surface area contributed by atoms with E-state index in [-0.39, 0.29) is 24.0 Å². The van der Waals surface area contributed by atoms with E-state index in [4.69, 9.17) is 4.74 Å². The van der Waals surface area contributed by atoms with E-state index in [0.717, 1.165) is 12.5 Å². The Bertz CT molecular complexity index is 459. The normalized spacial score (nSPS) is 16.0. The molecule has 0 unspecified atom stereocenters. The van der Waals surface area contributed by atoms with Crippen molar-refractivity contribution in [2.45, 2.75) is 51.3 Å². The van der Waals surface area contributed by atoms with Crippen molar-refractivity contribution in [3.63, 3.8) is 0 Å². The van der Waals surface area contributed by atoms with Crippen LogP contribution in [-0.4, -0.2) is 26.2 Å². The Morgan fingerprint density at radius 2 is 1.95 bits per heavy atom. The van der Waals surface area contributed by atoms with Crippen molar-refractivity contribution in [2.75, 3.05) is 14.2 Å². The minimum absolute atomic E-state index is 0. The van der Waals surface area contributed by atoms with Gasteiger partial charge in [0.25, 0.3) is 0 Å². The Morgan fingerprint density at radius 3 is 2.64 bits per heavy atom. The SMILES string of the molecule is CN=C(NCc1cccc(COC)c1)NC1CCCCC1.I. The van der Waals surface area contributed by atoms with E-state index < -0.39 is 0 Å². The van der Waals surface area contributed by atoms with Crippen molar-refractivity contribution in [2.24, 2.45) is 4.99 Å². The number of ether oxygens (including phenoxy) is 1. The minimum Gasteiger partial charge on any atom is -0.380 e. The molecule has 0 saturated heterocycles. The van der Waals surface area contributed by atoms with Gasteiger partial charge in [-0.05, 0) is 24.0 Å². The third-order valence-electron chi connectivity index (χ3n) is 3.93. The summed E-state index contributed by atoms with van der Waals surface area (Å²) in [5.41, 5.74) is 2.45. The summed E-state index contributed by atoms with van der Waals surface area (Å²) >= 11 is 0. The summed E-state index contributed by atoms with van der Waals surface area (Å²) in [6, 6.07) is 9.03. The van der Waals surface area contributed by atoms with Crippen molar-refractivity contribution in [1.29, 1.82) is 0 Å². The molecule has 22 heavy (non-hydrogen) atoms. The molecule has 0 radical (unpaired) electrons. The number of aliphatic imine (C=N–C) groups is 1. The summed E-state index contributed by atoms with van der Waals surface area (Å²) in [5, 5.41) is 6.93. The first-order valence-electron chi connectivity index (χ1n) is 7.85. The van der Waals surface area contributed by atoms with Gasteiger partial charge in [0.2, 0.25) is 0 Å². The molecule has 0 aromatic heterocycles. The molecule has 0 amide bonds. The van der Waals surface area contributed by atoms with Gasteiger partial charge in [-0.1, -0.05) is 43.5 Å². The van der Waals surface area contributed by atoms with Crippen LogP contribution in [0.15, 0.2) is 29.3 Å². The fraction of sp³-hybridized carbons (Fsp3) is 0.588. The third-order valence-corrected chi connectivity index (χ3v) is 3.93. The maximum Gasteiger partial charge on any atom is 0.191 e. The summed E-state index contributed by atoms with van der Waals surface area (Å²) in [6.07, 6.45) is 6.53. The molecule has 1 saturated carbocycles. The third kappa shape index (κ3) is 6.52. The Labute approximate surface area is 151 Å². The summed E-state index contributed by atoms with van der Waals surface area (Å²) in [7, 11) is 3.56. The topological polar surface area (TPSA) is 45.7 Å². The first-order valence-corrected chi connectivity index (χ1v) is 7.85. The predicted octanol–water partition coefficient (Wildman–Crippen LogP) is 3.45. The van der Waals surface area contributed by atoms with E-state index in [0.29, 0.717) is 12.6 Å². The number of hydrogen-bond acceptors (Lipinski definition) is 2. The van der Waals surface area contributed by atoms with Crippen LogP contribution in [0, 0.1) is 0 Å². The molecule has 0 spiro atoms. The molecule has 124 valence electrons. The van der Waals surface area contributed by atoms with E-state index >= 15 is 0 Å². The van der Waals surface area contributed by atoms with Crippen molar-refractivity contribution in [3.05, 3.63) is 35.4 Å². The number of rotatable bonds is 5. The van der Waals surface area contributed by atoms with Crippen molar-refractivity contribution in [1.82, 2.24) is 10.6 Å². The zero-order valence-corrected chi connectivity index (χ0v) is 15.9. The summed E-state index contributed by atoms with van der Waals surface area (Å²) in [4.78, 5) is 4.33. The van der Waals surface area contributed by atoms with Gasteiger partial charge in [-0.15, -0.1) is 24.0 Å². The first kappa shape index (κ1) is 19.2. The summed E-state index contributed by atoms with van der Waals surface area (Å²) < 4.78 is 5.17. The maximum absolute atomic E-state index is 5.17. The van der Waals surface area contributed by atoms with E-state index in [9.17, 15) is 0 Å². The molecule has 1 aliphatic rings. The van der Waals surface area contributed by atoms with E-state index in [1.807, 2.05) is 7.05 Å². The lowest BCUT2D eigenvalue weighted by Gasteiger charge is -2.24. The van der Waals surface area contributed by atoms with Gasteiger partial charge < -0.3 is 15.4 Å². The van der Waals surface area contributed by atoms with Gasteiger partial charge in [0.1, 0.15) is 0 Å². The Hall–Kier alpha value is -0.820. The Balaban J connectivity index is 0.00000242. The van der Waals surface area contributed by atoms with Crippen LogP contribution in [0.3, 0.4) is 0 Å². The second kappa shape index (κ2) is 10.8. The Kier molecular flexibility index (Phi) is 9.47. The highest BCUT2D eigenvalue weighted by Crippen LogP contribution is 2.17. The molecule has 1 aromatic rings. The summed E-state index contributed by atoms with van der Waals surface area (Å²) in [6.45, 7) is 1.44. The van der Waals surface area contributed by atoms with Gasteiger partial charge in [-0.25, -0.2) is 0 Å². The van der Waals surface area contributed by atoms with Gasteiger partial charge >= 0.3 is 0 Å². The van der Waals surface area contributed by atoms with Crippen LogP contribution in [-0.2, 0) is 17.9 Å². The highest BCUT2D eigenvalue weighted by molar-refractivity contribution is 14.0. The van der Waals surface area contributed by atoms with Gasteiger partial charge in [0, 0.05) is 26.7 Å². The molecular formula is C17H28IN3O. The standard InChI is InChI=1S/C17H27N3O.HI/c1-18-17(20-16-9-4-3-5-10-16)19-12-14-7-6-8-15(11-14)13-21-2;/h6-8,11,16H,3-5,9-10,12-13H2,1-2H3,(H2,18,19,20);1H. The van der Waals surface area contributed by atoms with Crippen LogP contribution in [0.25, 0.3) is 0 Å². The minimum atomic E-state index is 0. The van der Waals surface area contributed by atoms with Crippen LogP contribution in [0.4, 0.5) is 0 Å². The molecule has 1 aliphatic carbocycles. The van der Waals surface area contributed by atoms with Gasteiger partial charge in [0.15, 0.2) is 5.96 Å². The highest BCUT2D eigenvalue weighted by atomic mass is 127. The quantitative estimate of drug-likeness (QED) is 0.438. The van der Waals surface area contributed by atoms with Crippen LogP contribution < -0.4 is 10.6 Å². The van der Waals surface area contributed by atoms with Crippen LogP contribution in [0.5, 0.6) is 0 Å². The zero-order valence-electron chi connectivity index (χ0n) is 13.6. The van der Waals surface area contributed by atoms with Crippen molar-refractivity contribution < 1.29 is 4.74 Å². The molecule has 5 heteroatoms. The number of methoxy groups -OCH3 is 1. The largest absolute Gasteiger partial charge is 0.380 e.